The topological polar surface area (TPSA) is 35.8 Å². The zero-order valence-electron chi connectivity index (χ0n) is 16.0. The molecule has 0 atom stereocenters. The number of aliphatic imine (C=N–C) groups is 1. The summed E-state index contributed by atoms with van der Waals surface area (Å²) in [6, 6.07) is 0. The van der Waals surface area contributed by atoms with Gasteiger partial charge >= 0.3 is 0 Å². The van der Waals surface area contributed by atoms with E-state index in [0.717, 1.165) is 26.1 Å². The molecule has 0 unspecified atom stereocenters. The van der Waals surface area contributed by atoms with Crippen LogP contribution in [0.1, 0.15) is 90.4 Å². The van der Waals surface area contributed by atoms with E-state index in [-0.39, 0.29) is 6.61 Å². The predicted octanol–water partition coefficient (Wildman–Crippen LogP) is 5.34. The molecule has 0 aliphatic carbocycles. The lowest BCUT2D eigenvalue weighted by Crippen LogP contribution is -2.30. The van der Waals surface area contributed by atoms with Crippen LogP contribution in [-0.2, 0) is 0 Å². The highest BCUT2D eigenvalue weighted by molar-refractivity contribution is 5.83. The second-order valence-electron chi connectivity index (χ2n) is 6.99. The molecule has 3 heteroatoms. The molecule has 0 spiro atoms. The molecule has 0 aromatic heterocycles. The van der Waals surface area contributed by atoms with Crippen LogP contribution in [0.3, 0.4) is 0 Å². The summed E-state index contributed by atoms with van der Waals surface area (Å²) in [6.07, 6.45) is 21.9. The first kappa shape index (κ1) is 21.2. The molecule has 1 aliphatic heterocycles. The minimum atomic E-state index is 0.244. The summed E-state index contributed by atoms with van der Waals surface area (Å²) < 4.78 is 0. The average Bonchev–Trinajstić information content (AvgIpc) is 3.03. The number of aliphatic hydroxyl groups excluding tert-OH is 1. The van der Waals surface area contributed by atoms with Crippen molar-refractivity contribution in [3.05, 3.63) is 12.2 Å². The number of β-amino-alcohol motifs (C(OH)–C–C–N with tert-alkyl or cyclic N) is 1. The van der Waals surface area contributed by atoms with Crippen LogP contribution < -0.4 is 0 Å². The number of aliphatic hydroxyl groups is 1. The molecule has 0 amide bonds. The molecule has 0 radical (unpaired) electrons. The molecule has 0 fully saturated rings. The van der Waals surface area contributed by atoms with Gasteiger partial charge in [0.1, 0.15) is 0 Å². The van der Waals surface area contributed by atoms with Crippen LogP contribution in [0.4, 0.5) is 0 Å². The Morgan fingerprint density at radius 3 is 2.21 bits per heavy atom. The van der Waals surface area contributed by atoms with Crippen molar-refractivity contribution in [1.82, 2.24) is 4.90 Å². The van der Waals surface area contributed by atoms with Crippen molar-refractivity contribution in [3.8, 4) is 0 Å². The van der Waals surface area contributed by atoms with Crippen LogP contribution in [0.2, 0.25) is 0 Å². The van der Waals surface area contributed by atoms with Crippen LogP contribution >= 0.6 is 0 Å². The van der Waals surface area contributed by atoms with Crippen molar-refractivity contribution < 1.29 is 5.11 Å². The maximum absolute atomic E-state index is 9.04. The van der Waals surface area contributed by atoms with E-state index in [4.69, 9.17) is 5.11 Å². The van der Waals surface area contributed by atoms with Crippen LogP contribution in [0.5, 0.6) is 0 Å². The van der Waals surface area contributed by atoms with Gasteiger partial charge < -0.3 is 10.0 Å². The van der Waals surface area contributed by atoms with Crippen molar-refractivity contribution in [3.63, 3.8) is 0 Å². The molecule has 0 bridgehead atoms. The molecular formula is C21H40N2O. The van der Waals surface area contributed by atoms with E-state index in [9.17, 15) is 0 Å². The van der Waals surface area contributed by atoms with Crippen LogP contribution in [0.15, 0.2) is 17.1 Å². The maximum atomic E-state index is 9.04. The normalized spacial score (nSPS) is 14.8. The number of nitrogens with zero attached hydrogens (tertiary/aromatic N) is 2. The van der Waals surface area contributed by atoms with Gasteiger partial charge in [0.15, 0.2) is 0 Å². The van der Waals surface area contributed by atoms with Gasteiger partial charge in [0.25, 0.3) is 0 Å². The number of hydrogen-bond acceptors (Lipinski definition) is 3. The fraction of sp³-hybridized carbons (Fsp3) is 0.857. The Kier molecular flexibility index (Phi) is 13.9. The van der Waals surface area contributed by atoms with Crippen LogP contribution in [-0.4, -0.2) is 42.1 Å². The van der Waals surface area contributed by atoms with Crippen molar-refractivity contribution >= 4 is 5.84 Å². The molecule has 0 saturated heterocycles. The minimum absolute atomic E-state index is 0.244. The number of rotatable bonds is 16. The molecule has 1 rings (SSSR count). The molecule has 1 aliphatic rings. The summed E-state index contributed by atoms with van der Waals surface area (Å²) in [4.78, 5) is 6.81. The van der Waals surface area contributed by atoms with Crippen molar-refractivity contribution in [2.45, 2.75) is 90.4 Å². The zero-order chi connectivity index (χ0) is 17.3. The summed E-state index contributed by atoms with van der Waals surface area (Å²) in [5, 5.41) is 9.04. The van der Waals surface area contributed by atoms with Gasteiger partial charge in [-0.1, -0.05) is 70.4 Å². The van der Waals surface area contributed by atoms with Crippen LogP contribution in [0.25, 0.3) is 0 Å². The molecule has 3 nitrogen and oxygen atoms in total. The first-order valence-electron chi connectivity index (χ1n) is 10.4. The summed E-state index contributed by atoms with van der Waals surface area (Å²) in [6.45, 7) is 5.18. The Labute approximate surface area is 150 Å². The lowest BCUT2D eigenvalue weighted by molar-refractivity contribution is 0.255. The molecule has 0 saturated carbocycles. The highest BCUT2D eigenvalue weighted by atomic mass is 16.3. The lowest BCUT2D eigenvalue weighted by Gasteiger charge is -2.18. The quantitative estimate of drug-likeness (QED) is 0.305. The standard InChI is InChI=1S/C21H40N2O/c1-2-3-4-5-6-7-8-9-10-11-12-13-14-15-16-21-22-17-18-23(21)19-20-24/h5-6,24H,2-4,7-20H2,1H3/b6-5+. The van der Waals surface area contributed by atoms with E-state index < -0.39 is 0 Å². The molecule has 1 N–H and O–H groups in total. The van der Waals surface area contributed by atoms with Crippen molar-refractivity contribution in [1.29, 1.82) is 0 Å². The first-order chi connectivity index (χ1) is 11.9. The number of unbranched alkanes of at least 4 members (excludes halogenated alkanes) is 10. The fourth-order valence-electron chi connectivity index (χ4n) is 3.29. The summed E-state index contributed by atoms with van der Waals surface area (Å²) in [5.74, 6) is 1.23. The van der Waals surface area contributed by atoms with Gasteiger partial charge in [0, 0.05) is 19.5 Å². The van der Waals surface area contributed by atoms with E-state index in [2.05, 4.69) is 29.0 Å². The highest BCUT2D eigenvalue weighted by Gasteiger charge is 2.14. The molecule has 0 aromatic carbocycles. The van der Waals surface area contributed by atoms with Crippen LogP contribution in [0, 0.1) is 0 Å². The van der Waals surface area contributed by atoms with Gasteiger partial charge in [0.05, 0.1) is 19.0 Å². The third kappa shape index (κ3) is 10.9. The number of amidine groups is 1. The second-order valence-corrected chi connectivity index (χ2v) is 6.99. The Bertz CT molecular complexity index is 339. The monoisotopic (exact) mass is 336 g/mol. The molecule has 1 heterocycles. The third-order valence-corrected chi connectivity index (χ3v) is 4.81. The summed E-state index contributed by atoms with van der Waals surface area (Å²) in [7, 11) is 0. The molecule has 140 valence electrons. The predicted molar refractivity (Wildman–Crippen MR) is 106 cm³/mol. The van der Waals surface area contributed by atoms with Gasteiger partial charge in [-0.25, -0.2) is 0 Å². The largest absolute Gasteiger partial charge is 0.395 e. The van der Waals surface area contributed by atoms with Gasteiger partial charge in [-0.3, -0.25) is 4.99 Å². The molecule has 24 heavy (non-hydrogen) atoms. The average molecular weight is 337 g/mol. The van der Waals surface area contributed by atoms with E-state index in [0.29, 0.717) is 0 Å². The maximum Gasteiger partial charge on any atom is 0.0991 e. The van der Waals surface area contributed by atoms with Crippen molar-refractivity contribution in [2.24, 2.45) is 4.99 Å². The molecular weight excluding hydrogens is 296 g/mol. The van der Waals surface area contributed by atoms with Gasteiger partial charge in [-0.15, -0.1) is 0 Å². The summed E-state index contributed by atoms with van der Waals surface area (Å²) >= 11 is 0. The Morgan fingerprint density at radius 1 is 0.917 bits per heavy atom. The minimum Gasteiger partial charge on any atom is -0.395 e. The Morgan fingerprint density at radius 2 is 1.54 bits per heavy atom. The Hall–Kier alpha value is -0.830. The van der Waals surface area contributed by atoms with E-state index >= 15 is 0 Å². The van der Waals surface area contributed by atoms with Gasteiger partial charge in [-0.2, -0.15) is 0 Å². The SMILES string of the molecule is CCCC/C=C/CCCCCCCCCCC1=NCCN1CCO. The highest BCUT2D eigenvalue weighted by Crippen LogP contribution is 2.13. The number of hydrogen-bond donors (Lipinski definition) is 1. The first-order valence-corrected chi connectivity index (χ1v) is 10.4. The third-order valence-electron chi connectivity index (χ3n) is 4.81. The summed E-state index contributed by atoms with van der Waals surface area (Å²) in [5.41, 5.74) is 0. The van der Waals surface area contributed by atoms with E-state index in [1.165, 1.54) is 82.9 Å². The smallest absolute Gasteiger partial charge is 0.0991 e. The molecule has 0 aromatic rings. The number of allylic oxidation sites excluding steroid dienone is 2. The fourth-order valence-corrected chi connectivity index (χ4v) is 3.29. The van der Waals surface area contributed by atoms with E-state index in [1.807, 2.05) is 0 Å². The van der Waals surface area contributed by atoms with Crippen molar-refractivity contribution in [2.75, 3.05) is 26.2 Å². The lowest BCUT2D eigenvalue weighted by atomic mass is 10.1. The van der Waals surface area contributed by atoms with Gasteiger partial charge in [-0.05, 0) is 25.7 Å². The van der Waals surface area contributed by atoms with E-state index in [1.54, 1.807) is 0 Å². The Balaban J connectivity index is 1.82. The van der Waals surface area contributed by atoms with Gasteiger partial charge in [0.2, 0.25) is 0 Å². The second kappa shape index (κ2) is 15.7. The zero-order valence-corrected chi connectivity index (χ0v) is 16.0.